The Bertz CT molecular complexity index is 882. The van der Waals surface area contributed by atoms with Gasteiger partial charge in [0.1, 0.15) is 29.5 Å². The summed E-state index contributed by atoms with van der Waals surface area (Å²) in [5, 5.41) is 11.6. The zero-order chi connectivity index (χ0) is 20.4. The Kier molecular flexibility index (Phi) is 5.59. The van der Waals surface area contributed by atoms with Crippen LogP contribution in [0.4, 0.5) is 0 Å². The minimum atomic E-state index is -1.28. The lowest BCUT2D eigenvalue weighted by molar-refractivity contribution is -0.149. The number of aliphatic carboxylic acids is 1. The number of esters is 1. The number of methoxy groups -OCH3 is 1. The number of ether oxygens (including phenoxy) is 2. The second kappa shape index (κ2) is 7.93. The van der Waals surface area contributed by atoms with E-state index in [-0.39, 0.29) is 18.1 Å². The van der Waals surface area contributed by atoms with Gasteiger partial charge in [0, 0.05) is 23.8 Å². The topological polar surface area (TPSA) is 122 Å². The fraction of sp³-hybridized carbons (Fsp3) is 0.333. The maximum absolute atomic E-state index is 12.6. The molecular formula is C18H18N2O7S. The zero-order valence-corrected chi connectivity index (χ0v) is 15.9. The predicted octanol–water partition coefficient (Wildman–Crippen LogP) is 0.610. The number of thioether (sulfide) groups is 1. The number of fused-ring (bicyclic) bond motifs is 1. The summed E-state index contributed by atoms with van der Waals surface area (Å²) in [6, 6.07) is 5.65. The Labute approximate surface area is 164 Å². The number of hydrogen-bond donors (Lipinski definition) is 2. The molecule has 28 heavy (non-hydrogen) atoms. The SMILES string of the molecule is COc1cccc(C(=O)N[C@H]2C(=O)N3C(C(=O)O)=C(COC(C)=O)CS[C@H]23)c1. The first kappa shape index (κ1) is 19.7. The number of carboxylic acid groups (broad SMARTS) is 1. The van der Waals surface area contributed by atoms with Gasteiger partial charge in [-0.25, -0.2) is 4.79 Å². The summed E-state index contributed by atoms with van der Waals surface area (Å²) >= 11 is 1.30. The third-order valence-corrected chi connectivity index (χ3v) is 5.66. The molecule has 9 nitrogen and oxygen atoms in total. The average molecular weight is 406 g/mol. The summed E-state index contributed by atoms with van der Waals surface area (Å²) in [5.74, 6) is -2.02. The van der Waals surface area contributed by atoms with Crippen molar-refractivity contribution < 1.29 is 33.8 Å². The number of carbonyl (C=O) groups is 4. The van der Waals surface area contributed by atoms with E-state index in [2.05, 4.69) is 5.32 Å². The van der Waals surface area contributed by atoms with Crippen molar-refractivity contribution >= 4 is 35.5 Å². The van der Waals surface area contributed by atoms with Gasteiger partial charge in [0.15, 0.2) is 0 Å². The van der Waals surface area contributed by atoms with Crippen LogP contribution < -0.4 is 10.1 Å². The summed E-state index contributed by atoms with van der Waals surface area (Å²) in [5.41, 5.74) is 0.479. The molecule has 2 N–H and O–H groups in total. The fourth-order valence-electron chi connectivity index (χ4n) is 2.97. The van der Waals surface area contributed by atoms with E-state index in [1.54, 1.807) is 24.3 Å². The first-order chi connectivity index (χ1) is 13.3. The summed E-state index contributed by atoms with van der Waals surface area (Å²) < 4.78 is 9.97. The minimum Gasteiger partial charge on any atom is -0.497 e. The van der Waals surface area contributed by atoms with Crippen LogP contribution in [-0.2, 0) is 19.1 Å². The van der Waals surface area contributed by atoms with Crippen LogP contribution in [0, 0.1) is 0 Å². The van der Waals surface area contributed by atoms with Gasteiger partial charge in [0.25, 0.3) is 11.8 Å². The number of β-lactam (4-membered cyclic amide) rings is 1. The maximum Gasteiger partial charge on any atom is 0.352 e. The molecule has 2 aliphatic heterocycles. The number of carbonyl (C=O) groups excluding carboxylic acids is 3. The number of benzene rings is 1. The molecule has 148 valence electrons. The van der Waals surface area contributed by atoms with Crippen LogP contribution in [-0.4, -0.2) is 64.6 Å². The van der Waals surface area contributed by atoms with Crippen LogP contribution in [0.2, 0.25) is 0 Å². The summed E-state index contributed by atoms with van der Waals surface area (Å²) in [6.45, 7) is 1.03. The number of rotatable bonds is 6. The van der Waals surface area contributed by atoms with Crippen molar-refractivity contribution in [1.82, 2.24) is 10.2 Å². The molecule has 0 aromatic heterocycles. The lowest BCUT2D eigenvalue weighted by Gasteiger charge is -2.49. The van der Waals surface area contributed by atoms with Crippen LogP contribution in [0.15, 0.2) is 35.5 Å². The van der Waals surface area contributed by atoms with Crippen LogP contribution in [0.5, 0.6) is 5.75 Å². The highest BCUT2D eigenvalue weighted by atomic mass is 32.2. The Balaban J connectivity index is 1.75. The number of amides is 2. The molecule has 1 aromatic rings. The van der Waals surface area contributed by atoms with Gasteiger partial charge < -0.3 is 19.9 Å². The first-order valence-corrected chi connectivity index (χ1v) is 9.36. The Hall–Kier alpha value is -3.01. The standard InChI is InChI=1S/C18H18N2O7S/c1-9(21)27-7-11-8-28-17-13(16(23)20(17)14(11)18(24)25)19-15(22)10-4-3-5-12(6-10)26-2/h3-6,13,17H,7-8H2,1-2H3,(H,19,22)(H,24,25)/t13-,17+/m0/s1. The summed E-state index contributed by atoms with van der Waals surface area (Å²) in [4.78, 5) is 48.8. The van der Waals surface area contributed by atoms with E-state index < -0.39 is 35.2 Å². The van der Waals surface area contributed by atoms with Crippen molar-refractivity contribution in [3.8, 4) is 5.75 Å². The van der Waals surface area contributed by atoms with Crippen LogP contribution in [0.3, 0.4) is 0 Å². The van der Waals surface area contributed by atoms with E-state index >= 15 is 0 Å². The van der Waals surface area contributed by atoms with E-state index in [1.165, 1.54) is 25.8 Å². The molecular weight excluding hydrogens is 388 g/mol. The van der Waals surface area contributed by atoms with E-state index in [0.717, 1.165) is 4.90 Å². The average Bonchev–Trinajstić information content (AvgIpc) is 2.69. The van der Waals surface area contributed by atoms with Crippen LogP contribution in [0.25, 0.3) is 0 Å². The molecule has 0 spiro atoms. The van der Waals surface area contributed by atoms with Gasteiger partial charge in [-0.3, -0.25) is 19.3 Å². The molecule has 1 aromatic carbocycles. The molecule has 2 heterocycles. The molecule has 0 saturated carbocycles. The third kappa shape index (κ3) is 3.68. The smallest absolute Gasteiger partial charge is 0.352 e. The number of nitrogens with one attached hydrogen (secondary N) is 1. The van der Waals surface area contributed by atoms with Gasteiger partial charge in [0.2, 0.25) is 0 Å². The van der Waals surface area contributed by atoms with Gasteiger partial charge in [-0.05, 0) is 18.2 Å². The molecule has 0 aliphatic carbocycles. The third-order valence-electron chi connectivity index (χ3n) is 4.32. The van der Waals surface area contributed by atoms with Crippen molar-refractivity contribution in [3.05, 3.63) is 41.1 Å². The molecule has 10 heteroatoms. The molecule has 2 atom stereocenters. The van der Waals surface area contributed by atoms with Crippen molar-refractivity contribution in [2.75, 3.05) is 19.5 Å². The van der Waals surface area contributed by atoms with Gasteiger partial charge in [-0.2, -0.15) is 0 Å². The van der Waals surface area contributed by atoms with E-state index in [4.69, 9.17) is 9.47 Å². The molecule has 2 aliphatic rings. The molecule has 0 bridgehead atoms. The first-order valence-electron chi connectivity index (χ1n) is 8.31. The zero-order valence-electron chi connectivity index (χ0n) is 15.1. The number of nitrogens with zero attached hydrogens (tertiary/aromatic N) is 1. The van der Waals surface area contributed by atoms with E-state index in [9.17, 15) is 24.3 Å². The minimum absolute atomic E-state index is 0.193. The molecule has 0 radical (unpaired) electrons. The molecule has 2 amide bonds. The van der Waals surface area contributed by atoms with Crippen LogP contribution in [0.1, 0.15) is 17.3 Å². The van der Waals surface area contributed by atoms with Gasteiger partial charge >= 0.3 is 11.9 Å². The maximum atomic E-state index is 12.6. The summed E-state index contributed by atoms with van der Waals surface area (Å²) in [7, 11) is 1.48. The highest BCUT2D eigenvalue weighted by Crippen LogP contribution is 2.40. The highest BCUT2D eigenvalue weighted by molar-refractivity contribution is 8.00. The van der Waals surface area contributed by atoms with Crippen molar-refractivity contribution in [2.24, 2.45) is 0 Å². The number of carboxylic acids is 1. The quantitative estimate of drug-likeness (QED) is 0.521. The predicted molar refractivity (Wildman–Crippen MR) is 98.6 cm³/mol. The van der Waals surface area contributed by atoms with Crippen molar-refractivity contribution in [3.63, 3.8) is 0 Å². The molecule has 3 rings (SSSR count). The van der Waals surface area contributed by atoms with E-state index in [1.807, 2.05) is 0 Å². The number of hydrogen-bond acceptors (Lipinski definition) is 7. The Morgan fingerprint density at radius 2 is 2.11 bits per heavy atom. The normalized spacial score (nSPS) is 20.8. The summed E-state index contributed by atoms with van der Waals surface area (Å²) in [6.07, 6.45) is 0. The largest absolute Gasteiger partial charge is 0.497 e. The second-order valence-corrected chi connectivity index (χ2v) is 7.24. The van der Waals surface area contributed by atoms with Crippen molar-refractivity contribution in [1.29, 1.82) is 0 Å². The van der Waals surface area contributed by atoms with E-state index in [0.29, 0.717) is 16.9 Å². The molecule has 0 unspecified atom stereocenters. The van der Waals surface area contributed by atoms with Crippen LogP contribution >= 0.6 is 11.8 Å². The van der Waals surface area contributed by atoms with Crippen molar-refractivity contribution in [2.45, 2.75) is 18.3 Å². The monoisotopic (exact) mass is 406 g/mol. The molecule has 1 saturated heterocycles. The highest BCUT2D eigenvalue weighted by Gasteiger charge is 2.54. The van der Waals surface area contributed by atoms with Gasteiger partial charge in [-0.15, -0.1) is 11.8 Å². The second-order valence-electron chi connectivity index (χ2n) is 6.13. The fourth-order valence-corrected chi connectivity index (χ4v) is 4.30. The lowest BCUT2D eigenvalue weighted by Crippen LogP contribution is -2.70. The Morgan fingerprint density at radius 1 is 1.36 bits per heavy atom. The van der Waals surface area contributed by atoms with Gasteiger partial charge in [0.05, 0.1) is 7.11 Å². The van der Waals surface area contributed by atoms with Gasteiger partial charge in [-0.1, -0.05) is 6.07 Å². The lowest BCUT2D eigenvalue weighted by atomic mass is 10.0. The molecule has 1 fully saturated rings. The Morgan fingerprint density at radius 3 is 2.75 bits per heavy atom.